The van der Waals surface area contributed by atoms with Crippen LogP contribution in [0.2, 0.25) is 0 Å². The van der Waals surface area contributed by atoms with Gasteiger partial charge in [-0.3, -0.25) is 9.59 Å². The van der Waals surface area contributed by atoms with Gasteiger partial charge in [0.05, 0.1) is 12.2 Å². The summed E-state index contributed by atoms with van der Waals surface area (Å²) in [5.74, 6) is -0.0837. The molecule has 1 aliphatic rings. The highest BCUT2D eigenvalue weighted by Gasteiger charge is 2.28. The minimum Gasteiger partial charge on any atom is -0.347 e. The van der Waals surface area contributed by atoms with Crippen LogP contribution in [0, 0.1) is 19.8 Å². The smallest absolute Gasteiger partial charge is 0.270 e. The number of hydrogen-bond donors (Lipinski definition) is 2. The number of H-pyrrole nitrogens is 1. The lowest BCUT2D eigenvalue weighted by molar-refractivity contribution is -0.120. The number of benzene rings is 1. The standard InChI is InChI=1S/C19H21N5O2S/c1-11-6-12(2)8-14(7-11)22-17(25)13-4-3-5-24(9-13)19-23-16-15(27-19)18(26)21-10-20-16/h6-8,10,13H,3-5,9H2,1-2H3,(H,22,25)(H,20,21,26)/t13-/m0/s1. The summed E-state index contributed by atoms with van der Waals surface area (Å²) in [5, 5.41) is 3.80. The van der Waals surface area contributed by atoms with Crippen molar-refractivity contribution in [3.63, 3.8) is 0 Å². The molecule has 8 heteroatoms. The van der Waals surface area contributed by atoms with Crippen molar-refractivity contribution in [1.82, 2.24) is 15.0 Å². The van der Waals surface area contributed by atoms with Crippen molar-refractivity contribution in [2.75, 3.05) is 23.3 Å². The van der Waals surface area contributed by atoms with Crippen molar-refractivity contribution in [3.05, 3.63) is 46.0 Å². The average Bonchev–Trinajstić information content (AvgIpc) is 3.07. The first kappa shape index (κ1) is 17.7. The fourth-order valence-corrected chi connectivity index (χ4v) is 4.50. The van der Waals surface area contributed by atoms with Crippen LogP contribution in [-0.2, 0) is 4.79 Å². The normalized spacial score (nSPS) is 17.3. The third-order valence-corrected chi connectivity index (χ3v) is 5.84. The number of thiazole rings is 1. The summed E-state index contributed by atoms with van der Waals surface area (Å²) < 4.78 is 0.523. The first-order valence-corrected chi connectivity index (χ1v) is 9.79. The van der Waals surface area contributed by atoms with E-state index in [1.807, 2.05) is 26.0 Å². The molecule has 0 aliphatic carbocycles. The van der Waals surface area contributed by atoms with Crippen LogP contribution in [0.5, 0.6) is 0 Å². The zero-order chi connectivity index (χ0) is 19.0. The van der Waals surface area contributed by atoms with Crippen molar-refractivity contribution in [2.24, 2.45) is 5.92 Å². The van der Waals surface area contributed by atoms with Crippen LogP contribution in [0.15, 0.2) is 29.3 Å². The molecule has 7 nitrogen and oxygen atoms in total. The highest BCUT2D eigenvalue weighted by Crippen LogP contribution is 2.29. The van der Waals surface area contributed by atoms with Crippen LogP contribution in [0.1, 0.15) is 24.0 Å². The highest BCUT2D eigenvalue weighted by molar-refractivity contribution is 7.22. The van der Waals surface area contributed by atoms with E-state index in [0.717, 1.165) is 41.3 Å². The Hall–Kier alpha value is -2.74. The molecule has 0 bridgehead atoms. The summed E-state index contributed by atoms with van der Waals surface area (Å²) in [7, 11) is 0. The molecule has 1 aliphatic heterocycles. The SMILES string of the molecule is Cc1cc(C)cc(NC(=O)[C@H]2CCCN(c3nc4nc[nH]c(=O)c4s3)C2)c1. The maximum atomic E-state index is 12.8. The van der Waals surface area contributed by atoms with Crippen molar-refractivity contribution in [2.45, 2.75) is 26.7 Å². The Balaban J connectivity index is 1.50. The number of anilines is 2. The Morgan fingerprint density at radius 1 is 1.30 bits per heavy atom. The fourth-order valence-electron chi connectivity index (χ4n) is 3.55. The van der Waals surface area contributed by atoms with Gasteiger partial charge in [0.25, 0.3) is 5.56 Å². The second-order valence-electron chi connectivity index (χ2n) is 7.03. The first-order chi connectivity index (χ1) is 13.0. The lowest BCUT2D eigenvalue weighted by Crippen LogP contribution is -2.40. The summed E-state index contributed by atoms with van der Waals surface area (Å²) >= 11 is 1.33. The third-order valence-electron chi connectivity index (χ3n) is 4.74. The Bertz CT molecular complexity index is 1040. The van der Waals surface area contributed by atoms with E-state index in [1.54, 1.807) is 0 Å². The molecule has 0 radical (unpaired) electrons. The van der Waals surface area contributed by atoms with E-state index in [0.29, 0.717) is 16.9 Å². The molecule has 1 amide bonds. The lowest BCUT2D eigenvalue weighted by Gasteiger charge is -2.31. The Kier molecular flexibility index (Phi) is 4.65. The molecule has 1 atom stereocenters. The van der Waals surface area contributed by atoms with Crippen LogP contribution >= 0.6 is 11.3 Å². The zero-order valence-corrected chi connectivity index (χ0v) is 16.1. The van der Waals surface area contributed by atoms with Crippen molar-refractivity contribution in [3.8, 4) is 0 Å². The summed E-state index contributed by atoms with van der Waals surface area (Å²) in [4.78, 5) is 37.9. The molecule has 2 aromatic heterocycles. The van der Waals surface area contributed by atoms with Gasteiger partial charge in [0, 0.05) is 18.8 Å². The number of carbonyl (C=O) groups is 1. The van der Waals surface area contributed by atoms with Gasteiger partial charge in [-0.1, -0.05) is 17.4 Å². The molecule has 1 fully saturated rings. The minimum atomic E-state index is -0.176. The van der Waals surface area contributed by atoms with Gasteiger partial charge < -0.3 is 15.2 Å². The van der Waals surface area contributed by atoms with Gasteiger partial charge in [-0.2, -0.15) is 4.98 Å². The number of fused-ring (bicyclic) bond motifs is 1. The van der Waals surface area contributed by atoms with Gasteiger partial charge >= 0.3 is 0 Å². The number of piperidine rings is 1. The van der Waals surface area contributed by atoms with Gasteiger partial charge in [-0.15, -0.1) is 0 Å². The van der Waals surface area contributed by atoms with Gasteiger partial charge in [-0.05, 0) is 49.9 Å². The molecular weight excluding hydrogens is 362 g/mol. The second kappa shape index (κ2) is 7.11. The molecular formula is C19H21N5O2S. The molecule has 3 aromatic rings. The second-order valence-corrected chi connectivity index (χ2v) is 8.01. The molecule has 1 saturated heterocycles. The number of carbonyl (C=O) groups excluding carboxylic acids is 1. The van der Waals surface area contributed by atoms with Gasteiger partial charge in [0.15, 0.2) is 10.8 Å². The van der Waals surface area contributed by atoms with E-state index in [1.165, 1.54) is 17.7 Å². The first-order valence-electron chi connectivity index (χ1n) is 8.98. The van der Waals surface area contributed by atoms with E-state index >= 15 is 0 Å². The number of aromatic amines is 1. The van der Waals surface area contributed by atoms with Crippen LogP contribution in [0.25, 0.3) is 10.3 Å². The highest BCUT2D eigenvalue weighted by atomic mass is 32.1. The molecule has 27 heavy (non-hydrogen) atoms. The van der Waals surface area contributed by atoms with Crippen LogP contribution < -0.4 is 15.8 Å². The number of aryl methyl sites for hydroxylation is 2. The zero-order valence-electron chi connectivity index (χ0n) is 15.3. The number of nitrogens with one attached hydrogen (secondary N) is 2. The number of aromatic nitrogens is 3. The predicted molar refractivity (Wildman–Crippen MR) is 108 cm³/mol. The fraction of sp³-hybridized carbons (Fsp3) is 0.368. The van der Waals surface area contributed by atoms with E-state index in [-0.39, 0.29) is 17.4 Å². The molecule has 140 valence electrons. The number of nitrogens with zero attached hydrogens (tertiary/aromatic N) is 3. The monoisotopic (exact) mass is 383 g/mol. The van der Waals surface area contributed by atoms with Crippen molar-refractivity contribution < 1.29 is 4.79 Å². The maximum Gasteiger partial charge on any atom is 0.270 e. The summed E-state index contributed by atoms with van der Waals surface area (Å²) in [6.07, 6.45) is 3.12. The lowest BCUT2D eigenvalue weighted by atomic mass is 9.97. The van der Waals surface area contributed by atoms with E-state index in [2.05, 4.69) is 31.2 Å². The molecule has 4 rings (SSSR count). The number of hydrogen-bond acceptors (Lipinski definition) is 6. The molecule has 1 aromatic carbocycles. The van der Waals surface area contributed by atoms with Crippen molar-refractivity contribution >= 4 is 38.4 Å². The summed E-state index contributed by atoms with van der Waals surface area (Å²) in [5.41, 5.74) is 3.38. The van der Waals surface area contributed by atoms with Gasteiger partial charge in [-0.25, -0.2) is 4.98 Å². The van der Waals surface area contributed by atoms with Crippen LogP contribution in [0.3, 0.4) is 0 Å². The predicted octanol–water partition coefficient (Wildman–Crippen LogP) is 2.85. The molecule has 0 saturated carbocycles. The molecule has 0 unspecified atom stereocenters. The van der Waals surface area contributed by atoms with Crippen LogP contribution in [0.4, 0.5) is 10.8 Å². The average molecular weight is 383 g/mol. The number of amides is 1. The van der Waals surface area contributed by atoms with Gasteiger partial charge in [0.1, 0.15) is 4.70 Å². The van der Waals surface area contributed by atoms with Crippen molar-refractivity contribution in [1.29, 1.82) is 0 Å². The molecule has 2 N–H and O–H groups in total. The molecule has 3 heterocycles. The maximum absolute atomic E-state index is 12.8. The summed E-state index contributed by atoms with van der Waals surface area (Å²) in [6, 6.07) is 6.05. The molecule has 0 spiro atoms. The quantitative estimate of drug-likeness (QED) is 0.726. The Morgan fingerprint density at radius 3 is 2.81 bits per heavy atom. The summed E-state index contributed by atoms with van der Waals surface area (Å²) in [6.45, 7) is 5.46. The Morgan fingerprint density at radius 2 is 2.07 bits per heavy atom. The topological polar surface area (TPSA) is 91.0 Å². The van der Waals surface area contributed by atoms with Crippen LogP contribution in [-0.4, -0.2) is 33.9 Å². The van der Waals surface area contributed by atoms with Gasteiger partial charge in [0.2, 0.25) is 5.91 Å². The number of rotatable bonds is 3. The van der Waals surface area contributed by atoms with E-state index in [9.17, 15) is 9.59 Å². The Labute approximate surface area is 160 Å². The largest absolute Gasteiger partial charge is 0.347 e. The van der Waals surface area contributed by atoms with E-state index < -0.39 is 0 Å². The minimum absolute atomic E-state index is 0.0294. The third kappa shape index (κ3) is 3.71. The van der Waals surface area contributed by atoms with E-state index in [4.69, 9.17) is 0 Å².